The van der Waals surface area contributed by atoms with E-state index in [1.165, 1.54) is 0 Å². The molecule has 0 saturated carbocycles. The Labute approximate surface area is 53.6 Å². The Balaban J connectivity index is 2.21. The maximum Gasteiger partial charge on any atom is 0.303 e. The first-order valence-electron chi connectivity index (χ1n) is 3.03. The Kier molecular flexibility index (Phi) is 1.71. The minimum Gasteiger partial charge on any atom is -0.481 e. The second-order valence-electron chi connectivity index (χ2n) is 2.40. The van der Waals surface area contributed by atoms with Gasteiger partial charge in [-0.2, -0.15) is 0 Å². The fourth-order valence-electron chi connectivity index (χ4n) is 0.874. The Hall–Kier alpha value is -0.570. The lowest BCUT2D eigenvalue weighted by molar-refractivity contribution is -0.150. The lowest BCUT2D eigenvalue weighted by Gasteiger charge is -2.32. The molecule has 1 aliphatic rings. The Morgan fingerprint density at radius 3 is 2.67 bits per heavy atom. The van der Waals surface area contributed by atoms with E-state index in [1.54, 1.807) is 0 Å². The molecule has 0 aliphatic carbocycles. The van der Waals surface area contributed by atoms with Crippen molar-refractivity contribution < 1.29 is 14.6 Å². The number of carbonyl (C=O) groups is 1. The van der Waals surface area contributed by atoms with E-state index >= 15 is 0 Å². The predicted molar refractivity (Wildman–Crippen MR) is 31.2 cm³/mol. The van der Waals surface area contributed by atoms with Gasteiger partial charge in [0.2, 0.25) is 0 Å². The lowest BCUT2D eigenvalue weighted by atomic mass is 9.96. The van der Waals surface area contributed by atoms with E-state index in [1.807, 2.05) is 6.92 Å². The molecule has 0 spiro atoms. The van der Waals surface area contributed by atoms with Gasteiger partial charge >= 0.3 is 5.97 Å². The van der Waals surface area contributed by atoms with Gasteiger partial charge in [-0.15, -0.1) is 0 Å². The highest BCUT2D eigenvalue weighted by atomic mass is 16.5. The van der Waals surface area contributed by atoms with Crippen molar-refractivity contribution in [1.82, 2.24) is 0 Å². The van der Waals surface area contributed by atoms with E-state index in [-0.39, 0.29) is 18.4 Å². The molecule has 52 valence electrons. The molecule has 2 atom stereocenters. The topological polar surface area (TPSA) is 46.5 Å². The van der Waals surface area contributed by atoms with Crippen molar-refractivity contribution in [2.24, 2.45) is 5.92 Å². The average molecular weight is 130 g/mol. The molecule has 0 amide bonds. The summed E-state index contributed by atoms with van der Waals surface area (Å²) in [6, 6.07) is 0. The monoisotopic (exact) mass is 130 g/mol. The normalized spacial score (nSPS) is 33.4. The van der Waals surface area contributed by atoms with Gasteiger partial charge in [0.05, 0.1) is 19.1 Å². The first-order chi connectivity index (χ1) is 4.20. The summed E-state index contributed by atoms with van der Waals surface area (Å²) in [4.78, 5) is 10.1. The number of rotatable bonds is 2. The van der Waals surface area contributed by atoms with E-state index in [0.29, 0.717) is 6.61 Å². The van der Waals surface area contributed by atoms with Crippen molar-refractivity contribution in [2.75, 3.05) is 6.61 Å². The van der Waals surface area contributed by atoms with Crippen LogP contribution in [0.2, 0.25) is 0 Å². The largest absolute Gasteiger partial charge is 0.481 e. The zero-order chi connectivity index (χ0) is 6.85. The smallest absolute Gasteiger partial charge is 0.303 e. The van der Waals surface area contributed by atoms with Gasteiger partial charge in [0, 0.05) is 5.92 Å². The second-order valence-corrected chi connectivity index (χ2v) is 2.40. The maximum absolute atomic E-state index is 10.1. The summed E-state index contributed by atoms with van der Waals surface area (Å²) >= 11 is 0. The molecule has 9 heavy (non-hydrogen) atoms. The molecule has 2 unspecified atom stereocenters. The summed E-state index contributed by atoms with van der Waals surface area (Å²) in [6.45, 7) is 2.52. The van der Waals surface area contributed by atoms with Crippen LogP contribution >= 0.6 is 0 Å². The molecule has 0 aromatic heterocycles. The SMILES string of the molecule is CC1OCC1CC(=O)O. The number of aliphatic carboxylic acids is 1. The lowest BCUT2D eigenvalue weighted by Crippen LogP contribution is -2.38. The van der Waals surface area contributed by atoms with Gasteiger partial charge in [0.15, 0.2) is 0 Å². The van der Waals surface area contributed by atoms with Gasteiger partial charge in [0.25, 0.3) is 0 Å². The molecule has 0 aromatic carbocycles. The second kappa shape index (κ2) is 2.35. The van der Waals surface area contributed by atoms with Crippen LogP contribution in [0.15, 0.2) is 0 Å². The summed E-state index contributed by atoms with van der Waals surface area (Å²) < 4.78 is 4.98. The summed E-state index contributed by atoms with van der Waals surface area (Å²) in [7, 11) is 0. The van der Waals surface area contributed by atoms with Crippen molar-refractivity contribution >= 4 is 5.97 Å². The number of carboxylic acid groups (broad SMARTS) is 1. The minimum absolute atomic E-state index is 0.154. The average Bonchev–Trinajstić information content (AvgIpc) is 1.79. The quantitative estimate of drug-likeness (QED) is 0.592. The van der Waals surface area contributed by atoms with Crippen LogP contribution < -0.4 is 0 Å². The first kappa shape index (κ1) is 6.55. The number of carboxylic acids is 1. The van der Waals surface area contributed by atoms with Crippen molar-refractivity contribution in [2.45, 2.75) is 19.4 Å². The Morgan fingerprint density at radius 1 is 1.89 bits per heavy atom. The van der Waals surface area contributed by atoms with Crippen LogP contribution in [0.4, 0.5) is 0 Å². The van der Waals surface area contributed by atoms with Gasteiger partial charge in [-0.25, -0.2) is 0 Å². The molecule has 1 fully saturated rings. The molecular weight excluding hydrogens is 120 g/mol. The van der Waals surface area contributed by atoms with Crippen LogP contribution in [0.1, 0.15) is 13.3 Å². The van der Waals surface area contributed by atoms with Gasteiger partial charge in [-0.1, -0.05) is 0 Å². The zero-order valence-corrected chi connectivity index (χ0v) is 5.33. The van der Waals surface area contributed by atoms with Crippen molar-refractivity contribution in [1.29, 1.82) is 0 Å². The van der Waals surface area contributed by atoms with E-state index in [0.717, 1.165) is 0 Å². The summed E-state index contributed by atoms with van der Waals surface area (Å²) in [5.74, 6) is -0.474. The van der Waals surface area contributed by atoms with E-state index < -0.39 is 5.97 Å². The van der Waals surface area contributed by atoms with Crippen molar-refractivity contribution in [3.8, 4) is 0 Å². The van der Waals surface area contributed by atoms with Crippen LogP contribution in [-0.2, 0) is 9.53 Å². The van der Waals surface area contributed by atoms with Crippen LogP contribution in [0.3, 0.4) is 0 Å². The number of hydrogen-bond acceptors (Lipinski definition) is 2. The van der Waals surface area contributed by atoms with Gasteiger partial charge < -0.3 is 9.84 Å². The van der Waals surface area contributed by atoms with Crippen molar-refractivity contribution in [3.63, 3.8) is 0 Å². The fraction of sp³-hybridized carbons (Fsp3) is 0.833. The molecule has 3 nitrogen and oxygen atoms in total. The number of hydrogen-bond donors (Lipinski definition) is 1. The first-order valence-corrected chi connectivity index (χ1v) is 3.03. The van der Waals surface area contributed by atoms with E-state index in [2.05, 4.69) is 0 Å². The number of ether oxygens (including phenoxy) is 1. The third-order valence-corrected chi connectivity index (χ3v) is 1.67. The predicted octanol–water partition coefficient (Wildman–Crippen LogP) is 0.496. The molecule has 0 aromatic rings. The van der Waals surface area contributed by atoms with Crippen LogP contribution in [0.5, 0.6) is 0 Å². The van der Waals surface area contributed by atoms with E-state index in [9.17, 15) is 4.79 Å². The third kappa shape index (κ3) is 1.42. The molecular formula is C6H10O3. The minimum atomic E-state index is -0.727. The van der Waals surface area contributed by atoms with Gasteiger partial charge in [-0.05, 0) is 6.92 Å². The summed E-state index contributed by atoms with van der Waals surface area (Å²) in [6.07, 6.45) is 0.405. The molecule has 1 rings (SSSR count). The molecule has 1 heterocycles. The van der Waals surface area contributed by atoms with Crippen LogP contribution in [-0.4, -0.2) is 23.8 Å². The molecule has 1 N–H and O–H groups in total. The highest BCUT2D eigenvalue weighted by Crippen LogP contribution is 2.22. The Bertz CT molecular complexity index is 121. The summed E-state index contributed by atoms with van der Waals surface area (Å²) in [5, 5.41) is 8.31. The van der Waals surface area contributed by atoms with Crippen LogP contribution in [0, 0.1) is 5.92 Å². The zero-order valence-electron chi connectivity index (χ0n) is 5.33. The molecule has 0 bridgehead atoms. The fourth-order valence-corrected chi connectivity index (χ4v) is 0.874. The van der Waals surface area contributed by atoms with Gasteiger partial charge in [0.1, 0.15) is 0 Å². The molecule has 3 heteroatoms. The van der Waals surface area contributed by atoms with E-state index in [4.69, 9.17) is 9.84 Å². The Morgan fingerprint density at radius 2 is 2.56 bits per heavy atom. The summed E-state index contributed by atoms with van der Waals surface area (Å²) in [5.41, 5.74) is 0. The standard InChI is InChI=1S/C6H10O3/c1-4-5(3-9-4)2-6(7)8/h4-5H,2-3H2,1H3,(H,7,8). The highest BCUT2D eigenvalue weighted by Gasteiger charge is 2.29. The van der Waals surface area contributed by atoms with Crippen molar-refractivity contribution in [3.05, 3.63) is 0 Å². The maximum atomic E-state index is 10.1. The molecule has 0 radical (unpaired) electrons. The third-order valence-electron chi connectivity index (χ3n) is 1.67. The molecule has 1 saturated heterocycles. The van der Waals surface area contributed by atoms with Gasteiger partial charge in [-0.3, -0.25) is 4.79 Å². The van der Waals surface area contributed by atoms with Crippen LogP contribution in [0.25, 0.3) is 0 Å². The molecule has 1 aliphatic heterocycles. The highest BCUT2D eigenvalue weighted by molar-refractivity contribution is 5.67.